The molecule has 132 valence electrons. The average molecular weight is 608 g/mol. The van der Waals surface area contributed by atoms with E-state index in [1.54, 1.807) is 0 Å². The normalized spacial score (nSPS) is 15.2. The molecule has 0 bridgehead atoms. The Morgan fingerprint density at radius 2 is 1.48 bits per heavy atom. The number of epoxide rings is 1. The zero-order chi connectivity index (χ0) is 17.1. The average Bonchev–Trinajstić information content (AvgIpc) is 3.30. The molecule has 1 aliphatic heterocycles. The molecule has 0 amide bonds. The molecule has 1 aromatic rings. The molecule has 1 atom stereocenters. The summed E-state index contributed by atoms with van der Waals surface area (Å²) in [5.41, 5.74) is 2.94. The fourth-order valence-electron chi connectivity index (χ4n) is 2.58. The monoisotopic (exact) mass is 608 g/mol. The van der Waals surface area contributed by atoms with Gasteiger partial charge in [0.05, 0.1) is 6.61 Å². The first kappa shape index (κ1) is 30.3. The fraction of sp³-hybridized carbons (Fsp3) is 0.647. The minimum atomic E-state index is -5.17. The van der Waals surface area contributed by atoms with Crippen LogP contribution in [-0.2, 0) is 21.6 Å². The molecule has 0 saturated carbocycles. The van der Waals surface area contributed by atoms with Gasteiger partial charge >= 0.3 is 138 Å². The van der Waals surface area contributed by atoms with E-state index in [0.29, 0.717) is 6.10 Å². The van der Waals surface area contributed by atoms with Gasteiger partial charge in [-0.05, 0) is 24.0 Å². The van der Waals surface area contributed by atoms with Gasteiger partial charge in [-0.3, -0.25) is 8.42 Å². The Labute approximate surface area is 270 Å². The van der Waals surface area contributed by atoms with Gasteiger partial charge in [-0.15, -0.1) is 0 Å². The number of aryl methyl sites for hydroxylation is 1. The molecule has 0 N–H and O–H groups in total. The number of rotatable bonds is 9. The maximum Gasteiger partial charge on any atom is 1.00 e. The number of unbranched alkanes of at least 4 members (excludes halogenated alkanes) is 6. The van der Waals surface area contributed by atoms with Crippen molar-refractivity contribution in [1.82, 2.24) is 0 Å². The molecule has 1 aliphatic rings. The molecule has 0 aliphatic carbocycles. The molecule has 1 unspecified atom stereocenters. The van der Waals surface area contributed by atoms with Crippen molar-refractivity contribution >= 4 is 10.4 Å². The summed E-state index contributed by atoms with van der Waals surface area (Å²) in [5, 5.41) is 0. The number of ether oxygens (including phenoxy) is 1. The van der Waals surface area contributed by atoms with Crippen LogP contribution in [0.3, 0.4) is 0 Å². The van der Waals surface area contributed by atoms with Crippen molar-refractivity contribution in [2.24, 2.45) is 0 Å². The Hall–Kier alpha value is 3.15. The second-order valence-corrected chi connectivity index (χ2v) is 6.62. The molecule has 1 fully saturated rings. The van der Waals surface area contributed by atoms with Crippen LogP contribution in [-0.4, -0.2) is 24.1 Å². The Kier molecular flexibility index (Phi) is 21.8. The van der Waals surface area contributed by atoms with Crippen LogP contribution < -0.4 is 138 Å². The van der Waals surface area contributed by atoms with Crippen LogP contribution in [0.5, 0.6) is 0 Å². The molecule has 0 aromatic heterocycles. The summed E-state index contributed by atoms with van der Waals surface area (Å²) in [5.74, 6) is 0. The first-order valence-electron chi connectivity index (χ1n) is 8.28. The van der Waals surface area contributed by atoms with Crippen molar-refractivity contribution < 1.29 is 160 Å². The SMILES string of the molecule is CCCCCCCCCc1ccccc1C1CO1.O=S(=O)([O-])[O-].[Cs+].[Cs+]. The predicted molar refractivity (Wildman–Crippen MR) is 87.3 cm³/mol. The van der Waals surface area contributed by atoms with Crippen LogP contribution in [0, 0.1) is 0 Å². The summed E-state index contributed by atoms with van der Waals surface area (Å²) in [6, 6.07) is 8.79. The van der Waals surface area contributed by atoms with E-state index in [4.69, 9.17) is 22.3 Å². The third-order valence-electron chi connectivity index (χ3n) is 3.78. The number of hydrogen-bond donors (Lipinski definition) is 0. The third kappa shape index (κ3) is 18.9. The van der Waals surface area contributed by atoms with Crippen LogP contribution in [0.25, 0.3) is 0 Å². The van der Waals surface area contributed by atoms with Crippen LogP contribution >= 0.6 is 0 Å². The molecule has 0 spiro atoms. The van der Waals surface area contributed by atoms with Crippen molar-refractivity contribution in [3.05, 3.63) is 35.4 Å². The van der Waals surface area contributed by atoms with E-state index in [0.717, 1.165) is 6.61 Å². The van der Waals surface area contributed by atoms with E-state index < -0.39 is 10.4 Å². The topological polar surface area (TPSA) is 92.8 Å². The van der Waals surface area contributed by atoms with Crippen molar-refractivity contribution in [3.8, 4) is 0 Å². The van der Waals surface area contributed by atoms with Crippen LogP contribution in [0.1, 0.15) is 69.1 Å². The van der Waals surface area contributed by atoms with E-state index >= 15 is 0 Å². The Morgan fingerprint density at radius 3 is 2.00 bits per heavy atom. The summed E-state index contributed by atoms with van der Waals surface area (Å²) in [4.78, 5) is 0. The summed E-state index contributed by atoms with van der Waals surface area (Å²) in [6.45, 7) is 3.20. The van der Waals surface area contributed by atoms with Gasteiger partial charge in [0.15, 0.2) is 0 Å². The first-order chi connectivity index (χ1) is 10.9. The van der Waals surface area contributed by atoms with Gasteiger partial charge in [0.25, 0.3) is 0 Å². The third-order valence-corrected chi connectivity index (χ3v) is 3.78. The minimum absolute atomic E-state index is 0. The van der Waals surface area contributed by atoms with Gasteiger partial charge in [0.1, 0.15) is 6.10 Å². The molecule has 2 rings (SSSR count). The van der Waals surface area contributed by atoms with E-state index in [-0.39, 0.29) is 138 Å². The van der Waals surface area contributed by atoms with Crippen LogP contribution in [0.15, 0.2) is 24.3 Å². The van der Waals surface area contributed by atoms with E-state index in [1.807, 2.05) is 0 Å². The van der Waals surface area contributed by atoms with Crippen LogP contribution in [0.2, 0.25) is 0 Å². The summed E-state index contributed by atoms with van der Waals surface area (Å²) in [6.07, 6.45) is 11.3. The fourth-order valence-corrected chi connectivity index (χ4v) is 2.58. The summed E-state index contributed by atoms with van der Waals surface area (Å²) >= 11 is 0. The minimum Gasteiger partial charge on any atom is -0.759 e. The van der Waals surface area contributed by atoms with Crippen LogP contribution in [0.4, 0.5) is 0 Å². The van der Waals surface area contributed by atoms with Gasteiger partial charge in [-0.2, -0.15) is 0 Å². The zero-order valence-electron chi connectivity index (χ0n) is 15.7. The van der Waals surface area contributed by atoms with Crippen molar-refractivity contribution in [1.29, 1.82) is 0 Å². The van der Waals surface area contributed by atoms with Gasteiger partial charge in [0, 0.05) is 10.4 Å². The number of benzene rings is 1. The molecule has 8 heteroatoms. The zero-order valence-corrected chi connectivity index (χ0v) is 29.1. The molecular weight excluding hydrogens is 582 g/mol. The van der Waals surface area contributed by atoms with Gasteiger partial charge in [-0.25, -0.2) is 0 Å². The largest absolute Gasteiger partial charge is 1.00 e. The quantitative estimate of drug-likeness (QED) is 0.137. The van der Waals surface area contributed by atoms with Gasteiger partial charge in [-0.1, -0.05) is 69.7 Å². The van der Waals surface area contributed by atoms with E-state index in [2.05, 4.69) is 31.2 Å². The maximum absolute atomic E-state index is 8.52. The van der Waals surface area contributed by atoms with Gasteiger partial charge < -0.3 is 13.8 Å². The second kappa shape index (κ2) is 18.0. The summed E-state index contributed by atoms with van der Waals surface area (Å²) in [7, 11) is -5.17. The first-order valence-corrected chi connectivity index (χ1v) is 9.61. The Morgan fingerprint density at radius 1 is 1.00 bits per heavy atom. The smallest absolute Gasteiger partial charge is 0.759 e. The molecule has 25 heavy (non-hydrogen) atoms. The second-order valence-electron chi connectivity index (χ2n) is 5.80. The van der Waals surface area contributed by atoms with E-state index in [9.17, 15) is 0 Å². The molecule has 5 nitrogen and oxygen atoms in total. The summed E-state index contributed by atoms with van der Waals surface area (Å²) < 4.78 is 39.5. The molecule has 0 radical (unpaired) electrons. The molecule has 1 heterocycles. The van der Waals surface area contributed by atoms with Crippen molar-refractivity contribution in [3.63, 3.8) is 0 Å². The predicted octanol–water partition coefficient (Wildman–Crippen LogP) is -2.28. The molecular formula is C17H26Cs2O5S. The standard InChI is InChI=1S/C17H26O.2Cs.H2O4S/c1-2-3-4-5-6-7-8-11-15-12-9-10-13-16(15)17-14-18-17;;;1-5(2,3)4/h9-10,12-13,17H,2-8,11,14H2,1H3;;;(H2,1,2,3,4)/q;2*+1;/p-2. The molecule has 1 saturated heterocycles. The van der Waals surface area contributed by atoms with E-state index in [1.165, 1.54) is 62.5 Å². The van der Waals surface area contributed by atoms with Crippen molar-refractivity contribution in [2.45, 2.75) is 64.4 Å². The van der Waals surface area contributed by atoms with Crippen molar-refractivity contribution in [2.75, 3.05) is 6.61 Å². The maximum atomic E-state index is 8.52. The molecule has 1 aromatic carbocycles. The number of hydrogen-bond acceptors (Lipinski definition) is 5. The Balaban J connectivity index is 0. The Bertz CT molecular complexity index is 540. The van der Waals surface area contributed by atoms with Gasteiger partial charge in [0.2, 0.25) is 0 Å².